The van der Waals surface area contributed by atoms with E-state index in [1.165, 1.54) is 12.1 Å². The molecule has 0 spiro atoms. The van der Waals surface area contributed by atoms with Crippen LogP contribution in [0.5, 0.6) is 0 Å². The van der Waals surface area contributed by atoms with Crippen molar-refractivity contribution >= 4 is 11.7 Å². The molecule has 2 N–H and O–H groups in total. The monoisotopic (exact) mass is 265 g/mol. The molecule has 1 aliphatic rings. The number of hydrogen-bond donors (Lipinski definition) is 2. The van der Waals surface area contributed by atoms with E-state index in [0.717, 1.165) is 25.9 Å². The SMILES string of the molecule is CNC1(C)CCN(C(=O)Nc2ccc(F)cc2)CC1. The Labute approximate surface area is 113 Å². The van der Waals surface area contributed by atoms with Gasteiger partial charge in [0.15, 0.2) is 0 Å². The molecule has 2 amide bonds. The summed E-state index contributed by atoms with van der Waals surface area (Å²) in [5.74, 6) is -0.305. The van der Waals surface area contributed by atoms with Gasteiger partial charge in [-0.1, -0.05) is 0 Å². The summed E-state index contributed by atoms with van der Waals surface area (Å²) in [4.78, 5) is 13.8. The van der Waals surface area contributed by atoms with Crippen molar-refractivity contribution in [3.63, 3.8) is 0 Å². The van der Waals surface area contributed by atoms with Gasteiger partial charge in [0.05, 0.1) is 0 Å². The fourth-order valence-corrected chi connectivity index (χ4v) is 2.19. The number of piperidine rings is 1. The summed E-state index contributed by atoms with van der Waals surface area (Å²) >= 11 is 0. The molecule has 1 saturated heterocycles. The van der Waals surface area contributed by atoms with E-state index in [4.69, 9.17) is 0 Å². The first-order valence-electron chi connectivity index (χ1n) is 6.53. The summed E-state index contributed by atoms with van der Waals surface area (Å²) in [6.07, 6.45) is 1.86. The largest absolute Gasteiger partial charge is 0.324 e. The van der Waals surface area contributed by atoms with Crippen molar-refractivity contribution < 1.29 is 9.18 Å². The number of rotatable bonds is 2. The Morgan fingerprint density at radius 1 is 1.26 bits per heavy atom. The number of benzene rings is 1. The number of carbonyl (C=O) groups is 1. The Kier molecular flexibility index (Phi) is 4.04. The van der Waals surface area contributed by atoms with E-state index in [2.05, 4.69) is 17.6 Å². The van der Waals surface area contributed by atoms with Crippen molar-refractivity contribution in [2.75, 3.05) is 25.5 Å². The van der Waals surface area contributed by atoms with Crippen molar-refractivity contribution in [1.29, 1.82) is 0 Å². The molecule has 2 rings (SSSR count). The highest BCUT2D eigenvalue weighted by molar-refractivity contribution is 5.89. The van der Waals surface area contributed by atoms with Gasteiger partial charge in [0, 0.05) is 24.3 Å². The third-order valence-corrected chi connectivity index (χ3v) is 3.85. The lowest BCUT2D eigenvalue weighted by molar-refractivity contribution is 0.163. The molecule has 1 fully saturated rings. The molecule has 0 saturated carbocycles. The summed E-state index contributed by atoms with van der Waals surface area (Å²) in [5.41, 5.74) is 0.737. The van der Waals surface area contributed by atoms with Crippen LogP contribution in [0.3, 0.4) is 0 Å². The van der Waals surface area contributed by atoms with Crippen LogP contribution in [0.4, 0.5) is 14.9 Å². The normalized spacial score (nSPS) is 18.2. The first-order chi connectivity index (χ1) is 9.02. The maximum Gasteiger partial charge on any atom is 0.321 e. The molecular formula is C14H20FN3O. The average Bonchev–Trinajstić information content (AvgIpc) is 2.42. The first-order valence-corrected chi connectivity index (χ1v) is 6.53. The molecule has 104 valence electrons. The number of likely N-dealkylation sites (tertiary alicyclic amines) is 1. The minimum absolute atomic E-state index is 0.118. The van der Waals surface area contributed by atoms with Crippen molar-refractivity contribution in [2.45, 2.75) is 25.3 Å². The average molecular weight is 265 g/mol. The van der Waals surface area contributed by atoms with Gasteiger partial charge < -0.3 is 15.5 Å². The zero-order valence-electron chi connectivity index (χ0n) is 11.4. The van der Waals surface area contributed by atoms with Crippen LogP contribution in [0.1, 0.15) is 19.8 Å². The lowest BCUT2D eigenvalue weighted by atomic mass is 9.90. The van der Waals surface area contributed by atoms with Crippen LogP contribution in [0.2, 0.25) is 0 Å². The van der Waals surface area contributed by atoms with Crippen molar-refractivity contribution in [2.24, 2.45) is 0 Å². The zero-order chi connectivity index (χ0) is 13.9. The molecule has 19 heavy (non-hydrogen) atoms. The van der Waals surface area contributed by atoms with E-state index in [1.807, 2.05) is 7.05 Å². The summed E-state index contributed by atoms with van der Waals surface area (Å²) in [5, 5.41) is 6.08. The molecule has 4 nitrogen and oxygen atoms in total. The van der Waals surface area contributed by atoms with E-state index in [-0.39, 0.29) is 17.4 Å². The van der Waals surface area contributed by atoms with E-state index in [1.54, 1.807) is 17.0 Å². The molecule has 0 aromatic heterocycles. The molecule has 0 aliphatic carbocycles. The van der Waals surface area contributed by atoms with Gasteiger partial charge in [-0.3, -0.25) is 0 Å². The molecule has 0 radical (unpaired) electrons. The number of halogens is 1. The van der Waals surface area contributed by atoms with Crippen LogP contribution in [-0.4, -0.2) is 36.6 Å². The number of nitrogens with one attached hydrogen (secondary N) is 2. The molecule has 0 atom stereocenters. The van der Waals surface area contributed by atoms with Gasteiger partial charge in [-0.2, -0.15) is 0 Å². The Morgan fingerprint density at radius 2 is 1.84 bits per heavy atom. The molecule has 1 aromatic carbocycles. The predicted octanol–water partition coefficient (Wildman–Crippen LogP) is 2.43. The van der Waals surface area contributed by atoms with Gasteiger partial charge in [-0.25, -0.2) is 9.18 Å². The standard InChI is InChI=1S/C14H20FN3O/c1-14(16-2)7-9-18(10-8-14)13(19)17-12-5-3-11(15)4-6-12/h3-6,16H,7-10H2,1-2H3,(H,17,19). The summed E-state index contributed by atoms with van der Waals surface area (Å²) in [6.45, 7) is 3.62. The van der Waals surface area contributed by atoms with Crippen LogP contribution < -0.4 is 10.6 Å². The number of hydrogen-bond acceptors (Lipinski definition) is 2. The van der Waals surface area contributed by atoms with Crippen LogP contribution in [0, 0.1) is 5.82 Å². The third kappa shape index (κ3) is 3.44. The Bertz CT molecular complexity index is 439. The van der Waals surface area contributed by atoms with Gasteiger partial charge in [-0.15, -0.1) is 0 Å². The van der Waals surface area contributed by atoms with Crippen molar-refractivity contribution in [1.82, 2.24) is 10.2 Å². The molecule has 1 aliphatic heterocycles. The van der Waals surface area contributed by atoms with Gasteiger partial charge in [0.25, 0.3) is 0 Å². The third-order valence-electron chi connectivity index (χ3n) is 3.85. The molecule has 0 bridgehead atoms. The summed E-state index contributed by atoms with van der Waals surface area (Å²) in [7, 11) is 1.95. The molecule has 5 heteroatoms. The lowest BCUT2D eigenvalue weighted by Crippen LogP contribution is -2.52. The Balaban J connectivity index is 1.89. The Morgan fingerprint density at radius 3 is 2.37 bits per heavy atom. The van der Waals surface area contributed by atoms with Gasteiger partial charge in [0.2, 0.25) is 0 Å². The minimum atomic E-state index is -0.305. The highest BCUT2D eigenvalue weighted by Crippen LogP contribution is 2.21. The fraction of sp³-hybridized carbons (Fsp3) is 0.500. The quantitative estimate of drug-likeness (QED) is 0.862. The number of carbonyl (C=O) groups excluding carboxylic acids is 1. The number of nitrogens with zero attached hydrogens (tertiary/aromatic N) is 1. The van der Waals surface area contributed by atoms with Gasteiger partial charge in [-0.05, 0) is 51.1 Å². The predicted molar refractivity (Wildman–Crippen MR) is 73.7 cm³/mol. The number of amides is 2. The second-order valence-electron chi connectivity index (χ2n) is 5.23. The van der Waals surface area contributed by atoms with Crippen molar-refractivity contribution in [3.8, 4) is 0 Å². The summed E-state index contributed by atoms with van der Waals surface area (Å²) < 4.78 is 12.8. The molecular weight excluding hydrogens is 245 g/mol. The van der Waals surface area contributed by atoms with Crippen molar-refractivity contribution in [3.05, 3.63) is 30.1 Å². The van der Waals surface area contributed by atoms with E-state index >= 15 is 0 Å². The molecule has 0 unspecified atom stereocenters. The minimum Gasteiger partial charge on any atom is -0.324 e. The Hall–Kier alpha value is -1.62. The highest BCUT2D eigenvalue weighted by atomic mass is 19.1. The van der Waals surface area contributed by atoms with Gasteiger partial charge >= 0.3 is 6.03 Å². The smallest absolute Gasteiger partial charge is 0.321 e. The second-order valence-corrected chi connectivity index (χ2v) is 5.23. The number of urea groups is 1. The van der Waals surface area contributed by atoms with E-state index < -0.39 is 0 Å². The summed E-state index contributed by atoms with van der Waals surface area (Å²) in [6, 6.07) is 5.68. The van der Waals surface area contributed by atoms with E-state index in [9.17, 15) is 9.18 Å². The molecule has 1 heterocycles. The van der Waals surface area contributed by atoms with Crippen LogP contribution in [-0.2, 0) is 0 Å². The van der Waals surface area contributed by atoms with E-state index in [0.29, 0.717) is 5.69 Å². The maximum atomic E-state index is 12.8. The topological polar surface area (TPSA) is 44.4 Å². The van der Waals surface area contributed by atoms with Crippen LogP contribution >= 0.6 is 0 Å². The maximum absolute atomic E-state index is 12.8. The van der Waals surface area contributed by atoms with Gasteiger partial charge in [0.1, 0.15) is 5.82 Å². The van der Waals surface area contributed by atoms with Crippen LogP contribution in [0.25, 0.3) is 0 Å². The fourth-order valence-electron chi connectivity index (χ4n) is 2.19. The number of anilines is 1. The molecule has 1 aromatic rings. The lowest BCUT2D eigenvalue weighted by Gasteiger charge is -2.39. The first kappa shape index (κ1) is 13.8. The zero-order valence-corrected chi connectivity index (χ0v) is 11.4. The second kappa shape index (κ2) is 5.57. The highest BCUT2D eigenvalue weighted by Gasteiger charge is 2.30. The van der Waals surface area contributed by atoms with Crippen LogP contribution in [0.15, 0.2) is 24.3 Å².